The Morgan fingerprint density at radius 3 is 2.38 bits per heavy atom. The van der Waals surface area contributed by atoms with Crippen LogP contribution >= 0.6 is 0 Å². The van der Waals surface area contributed by atoms with Crippen molar-refractivity contribution in [2.24, 2.45) is 5.73 Å². The Morgan fingerprint density at radius 1 is 1.14 bits per heavy atom. The van der Waals surface area contributed by atoms with E-state index in [-0.39, 0.29) is 5.03 Å². The van der Waals surface area contributed by atoms with Gasteiger partial charge in [-0.25, -0.2) is 13.4 Å². The molecule has 0 aliphatic carbocycles. The number of aromatic nitrogens is 1. The summed E-state index contributed by atoms with van der Waals surface area (Å²) in [5, 5.41) is 8.89. The summed E-state index contributed by atoms with van der Waals surface area (Å²) in [5.74, 6) is 0. The first-order valence-corrected chi connectivity index (χ1v) is 7.66. The third kappa shape index (κ3) is 3.64. The summed E-state index contributed by atoms with van der Waals surface area (Å²) in [5.41, 5.74) is 6.34. The van der Waals surface area contributed by atoms with E-state index in [4.69, 9.17) is 11.0 Å². The molecule has 7 heteroatoms. The number of pyridine rings is 1. The molecule has 0 radical (unpaired) electrons. The fraction of sp³-hybridized carbons (Fsp3) is 0.143. The number of sulfonamides is 1. The highest BCUT2D eigenvalue weighted by Gasteiger charge is 2.26. The van der Waals surface area contributed by atoms with Crippen LogP contribution in [0.3, 0.4) is 0 Å². The number of benzene rings is 1. The summed E-state index contributed by atoms with van der Waals surface area (Å²) in [7, 11) is -3.85. The SMILES string of the molecule is N#CC(N)C(NS(=O)(=O)c1ccccn1)c1ccccc1. The average Bonchev–Trinajstić information content (AvgIpc) is 2.53. The zero-order valence-electron chi connectivity index (χ0n) is 11.0. The van der Waals surface area contributed by atoms with Gasteiger partial charge in [0.05, 0.1) is 12.1 Å². The molecule has 0 aliphatic heterocycles. The fourth-order valence-electron chi connectivity index (χ4n) is 1.82. The van der Waals surface area contributed by atoms with Crippen LogP contribution in [0, 0.1) is 11.3 Å². The van der Waals surface area contributed by atoms with E-state index in [1.54, 1.807) is 42.5 Å². The smallest absolute Gasteiger partial charge is 0.258 e. The maximum absolute atomic E-state index is 12.3. The Balaban J connectivity index is 2.35. The molecule has 2 aromatic rings. The number of nitrogens with zero attached hydrogens (tertiary/aromatic N) is 2. The van der Waals surface area contributed by atoms with Crippen LogP contribution in [-0.2, 0) is 10.0 Å². The molecule has 2 unspecified atom stereocenters. The van der Waals surface area contributed by atoms with E-state index in [1.165, 1.54) is 12.3 Å². The fourth-order valence-corrected chi connectivity index (χ4v) is 3.01. The summed E-state index contributed by atoms with van der Waals surface area (Å²) in [4.78, 5) is 3.81. The lowest BCUT2D eigenvalue weighted by molar-refractivity contribution is 0.534. The molecule has 2 atom stereocenters. The van der Waals surface area contributed by atoms with Crippen LogP contribution in [0.4, 0.5) is 0 Å². The monoisotopic (exact) mass is 302 g/mol. The molecule has 1 heterocycles. The molecule has 3 N–H and O–H groups in total. The zero-order valence-corrected chi connectivity index (χ0v) is 11.9. The lowest BCUT2D eigenvalue weighted by atomic mass is 10.0. The summed E-state index contributed by atoms with van der Waals surface area (Å²) in [6, 6.07) is 13.3. The van der Waals surface area contributed by atoms with Crippen molar-refractivity contribution in [3.8, 4) is 6.07 Å². The van der Waals surface area contributed by atoms with Crippen LogP contribution in [-0.4, -0.2) is 19.4 Å². The van der Waals surface area contributed by atoms with Crippen molar-refractivity contribution in [2.45, 2.75) is 17.1 Å². The van der Waals surface area contributed by atoms with Gasteiger partial charge in [0.15, 0.2) is 5.03 Å². The van der Waals surface area contributed by atoms with Crippen LogP contribution in [0.15, 0.2) is 59.8 Å². The van der Waals surface area contributed by atoms with Crippen molar-refractivity contribution in [1.29, 1.82) is 5.26 Å². The molecular formula is C14H14N4O2S. The first-order valence-electron chi connectivity index (χ1n) is 6.18. The number of nitrogens with one attached hydrogen (secondary N) is 1. The number of nitrogens with two attached hydrogens (primary N) is 1. The van der Waals surface area contributed by atoms with Gasteiger partial charge in [-0.1, -0.05) is 36.4 Å². The van der Waals surface area contributed by atoms with Gasteiger partial charge in [0.2, 0.25) is 0 Å². The van der Waals surface area contributed by atoms with Gasteiger partial charge in [0.1, 0.15) is 6.04 Å². The topological polar surface area (TPSA) is 109 Å². The molecule has 1 aromatic heterocycles. The van der Waals surface area contributed by atoms with Gasteiger partial charge >= 0.3 is 0 Å². The number of rotatable bonds is 5. The minimum atomic E-state index is -3.85. The first kappa shape index (κ1) is 15.1. The van der Waals surface area contributed by atoms with Crippen LogP contribution < -0.4 is 10.5 Å². The normalized spacial score (nSPS) is 14.1. The van der Waals surface area contributed by atoms with Crippen molar-refractivity contribution < 1.29 is 8.42 Å². The summed E-state index contributed by atoms with van der Waals surface area (Å²) in [6.07, 6.45) is 1.39. The molecule has 0 spiro atoms. The minimum Gasteiger partial charge on any atom is -0.314 e. The lowest BCUT2D eigenvalue weighted by Crippen LogP contribution is -2.40. The van der Waals surface area contributed by atoms with E-state index in [0.717, 1.165) is 0 Å². The summed E-state index contributed by atoms with van der Waals surface area (Å²) in [6.45, 7) is 0. The maximum atomic E-state index is 12.3. The predicted octanol–water partition coefficient (Wildman–Crippen LogP) is 0.952. The van der Waals surface area contributed by atoms with Crippen molar-refractivity contribution in [3.05, 3.63) is 60.3 Å². The van der Waals surface area contributed by atoms with Crippen LogP contribution in [0.1, 0.15) is 11.6 Å². The van der Waals surface area contributed by atoms with Crippen molar-refractivity contribution in [3.63, 3.8) is 0 Å². The molecule has 0 amide bonds. The molecule has 0 fully saturated rings. The van der Waals surface area contributed by atoms with E-state index in [2.05, 4.69) is 9.71 Å². The maximum Gasteiger partial charge on any atom is 0.258 e. The van der Waals surface area contributed by atoms with Crippen molar-refractivity contribution in [1.82, 2.24) is 9.71 Å². The standard InChI is InChI=1S/C14H14N4O2S/c15-10-12(16)14(11-6-2-1-3-7-11)18-21(19,20)13-8-4-5-9-17-13/h1-9,12,14,18H,16H2. The van der Waals surface area contributed by atoms with Gasteiger partial charge in [-0.05, 0) is 17.7 Å². The van der Waals surface area contributed by atoms with E-state index in [9.17, 15) is 8.42 Å². The summed E-state index contributed by atoms with van der Waals surface area (Å²) < 4.78 is 27.0. The van der Waals surface area contributed by atoms with Crippen LogP contribution in [0.5, 0.6) is 0 Å². The second-order valence-electron chi connectivity index (χ2n) is 4.33. The molecule has 2 rings (SSSR count). The van der Waals surface area contributed by atoms with Crippen LogP contribution in [0.25, 0.3) is 0 Å². The molecule has 0 bridgehead atoms. The van der Waals surface area contributed by atoms with Gasteiger partial charge in [-0.2, -0.15) is 9.98 Å². The molecular weight excluding hydrogens is 288 g/mol. The second-order valence-corrected chi connectivity index (χ2v) is 5.99. The van der Waals surface area contributed by atoms with Gasteiger partial charge in [0.25, 0.3) is 10.0 Å². The Labute approximate surface area is 123 Å². The highest BCUT2D eigenvalue weighted by atomic mass is 32.2. The molecule has 21 heavy (non-hydrogen) atoms. The average molecular weight is 302 g/mol. The molecule has 6 nitrogen and oxygen atoms in total. The Morgan fingerprint density at radius 2 is 1.81 bits per heavy atom. The molecule has 0 saturated heterocycles. The quantitative estimate of drug-likeness (QED) is 0.854. The van der Waals surface area contributed by atoms with E-state index in [1.807, 2.05) is 6.07 Å². The van der Waals surface area contributed by atoms with Crippen molar-refractivity contribution >= 4 is 10.0 Å². The van der Waals surface area contributed by atoms with Gasteiger partial charge in [-0.3, -0.25) is 0 Å². The second kappa shape index (κ2) is 6.45. The van der Waals surface area contributed by atoms with Gasteiger partial charge < -0.3 is 5.73 Å². The Bertz CT molecular complexity index is 727. The highest BCUT2D eigenvalue weighted by Crippen LogP contribution is 2.18. The lowest BCUT2D eigenvalue weighted by Gasteiger charge is -2.20. The van der Waals surface area contributed by atoms with E-state index < -0.39 is 22.1 Å². The third-order valence-electron chi connectivity index (χ3n) is 2.86. The highest BCUT2D eigenvalue weighted by molar-refractivity contribution is 7.89. The first-order chi connectivity index (χ1) is 10.0. The van der Waals surface area contributed by atoms with Crippen LogP contribution in [0.2, 0.25) is 0 Å². The Hall–Kier alpha value is -2.27. The third-order valence-corrected chi connectivity index (χ3v) is 4.22. The Kier molecular flexibility index (Phi) is 4.65. The zero-order chi connectivity index (χ0) is 15.3. The molecule has 1 aromatic carbocycles. The van der Waals surface area contributed by atoms with Crippen molar-refractivity contribution in [2.75, 3.05) is 0 Å². The van der Waals surface area contributed by atoms with Gasteiger partial charge in [-0.15, -0.1) is 0 Å². The number of hydrogen-bond donors (Lipinski definition) is 2. The minimum absolute atomic E-state index is 0.115. The molecule has 0 aliphatic rings. The van der Waals surface area contributed by atoms with E-state index in [0.29, 0.717) is 5.56 Å². The molecule has 108 valence electrons. The number of nitriles is 1. The van der Waals surface area contributed by atoms with E-state index >= 15 is 0 Å². The van der Waals surface area contributed by atoms with Gasteiger partial charge in [0, 0.05) is 6.20 Å². The predicted molar refractivity (Wildman–Crippen MR) is 77.3 cm³/mol. The largest absolute Gasteiger partial charge is 0.314 e. The molecule has 0 saturated carbocycles. The number of hydrogen-bond acceptors (Lipinski definition) is 5. The summed E-state index contributed by atoms with van der Waals surface area (Å²) >= 11 is 0.